The highest BCUT2D eigenvalue weighted by Gasteiger charge is 2.13. The molecule has 6 nitrogen and oxygen atoms in total. The Morgan fingerprint density at radius 2 is 2.40 bits per heavy atom. The summed E-state index contributed by atoms with van der Waals surface area (Å²) in [5.41, 5.74) is 2.10. The highest BCUT2D eigenvalue weighted by molar-refractivity contribution is 7.99. The van der Waals surface area contributed by atoms with Crippen LogP contribution in [0, 0.1) is 11.3 Å². The van der Waals surface area contributed by atoms with Crippen molar-refractivity contribution in [1.29, 1.82) is 5.26 Å². The van der Waals surface area contributed by atoms with Crippen molar-refractivity contribution in [3.8, 4) is 6.07 Å². The lowest BCUT2D eigenvalue weighted by Crippen LogP contribution is -2.07. The number of aromatic nitrogens is 2. The third-order valence-corrected chi connectivity index (χ3v) is 3.65. The van der Waals surface area contributed by atoms with Gasteiger partial charge < -0.3 is 14.4 Å². The van der Waals surface area contributed by atoms with E-state index in [1.807, 2.05) is 4.57 Å². The number of rotatable bonds is 6. The van der Waals surface area contributed by atoms with E-state index in [-0.39, 0.29) is 5.75 Å². The van der Waals surface area contributed by atoms with Gasteiger partial charge in [-0.1, -0.05) is 11.8 Å². The summed E-state index contributed by atoms with van der Waals surface area (Å²) in [7, 11) is 1.60. The average molecular weight is 291 g/mol. The molecule has 104 valence electrons. The molecular weight excluding hydrogens is 278 g/mol. The molecule has 0 unspecified atom stereocenters. The van der Waals surface area contributed by atoms with E-state index in [2.05, 4.69) is 11.1 Å². The number of benzene rings is 1. The second-order valence-electron chi connectivity index (χ2n) is 4.04. The van der Waals surface area contributed by atoms with E-state index in [0.29, 0.717) is 23.9 Å². The lowest BCUT2D eigenvalue weighted by molar-refractivity contribution is -0.133. The van der Waals surface area contributed by atoms with Crippen molar-refractivity contribution in [3.05, 3.63) is 23.8 Å². The zero-order valence-corrected chi connectivity index (χ0v) is 11.7. The molecule has 1 aromatic heterocycles. The highest BCUT2D eigenvalue weighted by Crippen LogP contribution is 2.24. The number of methoxy groups -OCH3 is 1. The van der Waals surface area contributed by atoms with Crippen LogP contribution in [0.2, 0.25) is 0 Å². The number of ether oxygens (including phenoxy) is 1. The van der Waals surface area contributed by atoms with Crippen LogP contribution < -0.4 is 0 Å². The zero-order valence-electron chi connectivity index (χ0n) is 10.9. The predicted octanol–water partition coefficient (Wildman–Crippen LogP) is 1.73. The Kier molecular flexibility index (Phi) is 4.61. The van der Waals surface area contributed by atoms with Crippen molar-refractivity contribution in [3.63, 3.8) is 0 Å². The van der Waals surface area contributed by atoms with Gasteiger partial charge in [0.05, 0.1) is 35.0 Å². The first-order chi connectivity index (χ1) is 9.65. The molecule has 1 aromatic carbocycles. The summed E-state index contributed by atoms with van der Waals surface area (Å²) < 4.78 is 6.94. The zero-order chi connectivity index (χ0) is 14.5. The molecule has 0 saturated carbocycles. The molecule has 0 amide bonds. The SMILES string of the molecule is COCCn1c(SCC(=O)O)nc2ccc(C#N)cc21. The molecule has 1 heterocycles. The Hall–Kier alpha value is -2.04. The van der Waals surface area contributed by atoms with Crippen LogP contribution in [-0.4, -0.2) is 40.1 Å². The monoisotopic (exact) mass is 291 g/mol. The molecule has 0 aliphatic heterocycles. The van der Waals surface area contributed by atoms with E-state index in [4.69, 9.17) is 15.1 Å². The second-order valence-corrected chi connectivity index (χ2v) is 4.98. The van der Waals surface area contributed by atoms with E-state index in [1.54, 1.807) is 25.3 Å². The molecule has 2 aromatic rings. The Bertz CT molecular complexity index is 675. The van der Waals surface area contributed by atoms with E-state index in [9.17, 15) is 4.79 Å². The first kappa shape index (κ1) is 14.4. The van der Waals surface area contributed by atoms with Crippen LogP contribution >= 0.6 is 11.8 Å². The Labute approximate surface area is 120 Å². The van der Waals surface area contributed by atoms with Crippen LogP contribution in [-0.2, 0) is 16.1 Å². The molecule has 7 heteroatoms. The van der Waals surface area contributed by atoms with Gasteiger partial charge in [0.2, 0.25) is 0 Å². The molecule has 0 radical (unpaired) electrons. The lowest BCUT2D eigenvalue weighted by atomic mass is 10.2. The Morgan fingerprint density at radius 3 is 3.05 bits per heavy atom. The van der Waals surface area contributed by atoms with E-state index in [1.165, 1.54) is 0 Å². The van der Waals surface area contributed by atoms with Gasteiger partial charge in [-0.05, 0) is 18.2 Å². The Morgan fingerprint density at radius 1 is 1.60 bits per heavy atom. The van der Waals surface area contributed by atoms with Crippen molar-refractivity contribution in [2.24, 2.45) is 0 Å². The highest BCUT2D eigenvalue weighted by atomic mass is 32.2. The number of aliphatic carboxylic acids is 1. The summed E-state index contributed by atoms with van der Waals surface area (Å²) >= 11 is 1.16. The van der Waals surface area contributed by atoms with Crippen molar-refractivity contribution in [1.82, 2.24) is 9.55 Å². The molecule has 0 aliphatic rings. The number of hydrogen-bond donors (Lipinski definition) is 1. The fourth-order valence-corrected chi connectivity index (χ4v) is 2.57. The van der Waals surface area contributed by atoms with Gasteiger partial charge in [-0.2, -0.15) is 5.26 Å². The van der Waals surface area contributed by atoms with Gasteiger partial charge in [0.1, 0.15) is 0 Å². The summed E-state index contributed by atoms with van der Waals surface area (Å²) in [4.78, 5) is 15.1. The van der Waals surface area contributed by atoms with E-state index >= 15 is 0 Å². The van der Waals surface area contributed by atoms with Crippen molar-refractivity contribution in [2.75, 3.05) is 19.5 Å². The molecule has 0 saturated heterocycles. The van der Waals surface area contributed by atoms with Gasteiger partial charge in [0.25, 0.3) is 0 Å². The van der Waals surface area contributed by atoms with Crippen molar-refractivity contribution in [2.45, 2.75) is 11.7 Å². The number of fused-ring (bicyclic) bond motifs is 1. The van der Waals surface area contributed by atoms with Crippen LogP contribution in [0.5, 0.6) is 0 Å². The number of nitriles is 1. The normalized spacial score (nSPS) is 10.6. The first-order valence-electron chi connectivity index (χ1n) is 5.89. The van der Waals surface area contributed by atoms with E-state index < -0.39 is 5.97 Å². The molecular formula is C13H13N3O3S. The van der Waals surface area contributed by atoms with Crippen molar-refractivity contribution < 1.29 is 14.6 Å². The Balaban J connectivity index is 2.44. The number of thioether (sulfide) groups is 1. The molecule has 0 atom stereocenters. The van der Waals surface area contributed by atoms with Crippen LogP contribution in [0.4, 0.5) is 0 Å². The molecule has 20 heavy (non-hydrogen) atoms. The number of carbonyl (C=O) groups is 1. The van der Waals surface area contributed by atoms with Gasteiger partial charge in [-0.25, -0.2) is 4.98 Å². The minimum atomic E-state index is -0.891. The largest absolute Gasteiger partial charge is 0.481 e. The van der Waals surface area contributed by atoms with Gasteiger partial charge in [-0.3, -0.25) is 4.79 Å². The second kappa shape index (κ2) is 6.41. The minimum Gasteiger partial charge on any atom is -0.481 e. The van der Waals surface area contributed by atoms with Gasteiger partial charge in [0, 0.05) is 13.7 Å². The van der Waals surface area contributed by atoms with Gasteiger partial charge >= 0.3 is 5.97 Å². The minimum absolute atomic E-state index is 0.0542. The first-order valence-corrected chi connectivity index (χ1v) is 6.88. The summed E-state index contributed by atoms with van der Waals surface area (Å²) in [5, 5.41) is 18.4. The van der Waals surface area contributed by atoms with Gasteiger partial charge in [-0.15, -0.1) is 0 Å². The van der Waals surface area contributed by atoms with Crippen LogP contribution in [0.25, 0.3) is 11.0 Å². The van der Waals surface area contributed by atoms with Crippen LogP contribution in [0.1, 0.15) is 5.56 Å². The topological polar surface area (TPSA) is 88.1 Å². The smallest absolute Gasteiger partial charge is 0.313 e. The molecule has 2 rings (SSSR count). The third-order valence-electron chi connectivity index (χ3n) is 2.69. The number of hydrogen-bond acceptors (Lipinski definition) is 5. The molecule has 0 fully saturated rings. The average Bonchev–Trinajstić information content (AvgIpc) is 2.79. The van der Waals surface area contributed by atoms with E-state index in [0.717, 1.165) is 22.8 Å². The summed E-state index contributed by atoms with van der Waals surface area (Å²) in [6, 6.07) is 7.30. The standard InChI is InChI=1S/C13H13N3O3S/c1-19-5-4-16-11-6-9(7-14)2-3-10(11)15-13(16)20-8-12(17)18/h2-3,6H,4-5,8H2,1H3,(H,17,18). The summed E-state index contributed by atoms with van der Waals surface area (Å²) in [6.45, 7) is 1.05. The number of nitrogens with zero attached hydrogens (tertiary/aromatic N) is 3. The van der Waals surface area contributed by atoms with Crippen LogP contribution in [0.15, 0.2) is 23.4 Å². The summed E-state index contributed by atoms with van der Waals surface area (Å²) in [6.07, 6.45) is 0. The maximum absolute atomic E-state index is 10.7. The predicted molar refractivity (Wildman–Crippen MR) is 74.7 cm³/mol. The van der Waals surface area contributed by atoms with Crippen molar-refractivity contribution >= 4 is 28.8 Å². The summed E-state index contributed by atoms with van der Waals surface area (Å²) in [5.74, 6) is -0.945. The maximum atomic E-state index is 10.7. The number of carboxylic acids is 1. The van der Waals surface area contributed by atoms with Crippen LogP contribution in [0.3, 0.4) is 0 Å². The lowest BCUT2D eigenvalue weighted by Gasteiger charge is -2.07. The maximum Gasteiger partial charge on any atom is 0.313 e. The fourth-order valence-electron chi connectivity index (χ4n) is 1.81. The third kappa shape index (κ3) is 3.10. The quantitative estimate of drug-likeness (QED) is 0.815. The fraction of sp³-hybridized carbons (Fsp3) is 0.308. The molecule has 1 N–H and O–H groups in total. The molecule has 0 aliphatic carbocycles. The molecule has 0 spiro atoms. The van der Waals surface area contributed by atoms with Gasteiger partial charge in [0.15, 0.2) is 5.16 Å². The number of carboxylic acid groups (broad SMARTS) is 1. The number of imidazole rings is 1. The molecule has 0 bridgehead atoms.